The Labute approximate surface area is 162 Å². The van der Waals surface area contributed by atoms with Crippen LogP contribution in [-0.4, -0.2) is 78.3 Å². The molecule has 27 heavy (non-hydrogen) atoms. The molecule has 2 aliphatic rings. The van der Waals surface area contributed by atoms with E-state index in [0.29, 0.717) is 13.1 Å². The normalized spacial score (nSPS) is 21.4. The maximum absolute atomic E-state index is 12.2. The van der Waals surface area contributed by atoms with E-state index >= 15 is 0 Å². The van der Waals surface area contributed by atoms with Crippen molar-refractivity contribution in [3.05, 3.63) is 18.2 Å². The third kappa shape index (κ3) is 5.48. The fraction of sp³-hybridized carbons (Fsp3) is 0.700. The van der Waals surface area contributed by atoms with Gasteiger partial charge in [-0.2, -0.15) is 0 Å². The molecule has 1 amide bonds. The van der Waals surface area contributed by atoms with Crippen molar-refractivity contribution in [2.24, 2.45) is 0 Å². The second-order valence-corrected chi connectivity index (χ2v) is 8.36. The van der Waals surface area contributed by atoms with E-state index in [1.165, 1.54) is 0 Å². The maximum atomic E-state index is 12.2. The summed E-state index contributed by atoms with van der Waals surface area (Å²) in [6, 6.07) is 6.34. The first-order chi connectivity index (χ1) is 12.8. The number of hydrogen-bond acceptors (Lipinski definition) is 6. The minimum Gasteiger partial charge on any atom is -0.444 e. The van der Waals surface area contributed by atoms with Crippen molar-refractivity contribution in [3.63, 3.8) is 0 Å². The van der Waals surface area contributed by atoms with Gasteiger partial charge in [-0.15, -0.1) is 0 Å². The number of aromatic nitrogens is 1. The molecule has 0 bridgehead atoms. The van der Waals surface area contributed by atoms with Crippen molar-refractivity contribution in [1.82, 2.24) is 14.8 Å². The number of likely N-dealkylation sites (N-methyl/N-ethyl adjacent to an activating group) is 1. The van der Waals surface area contributed by atoms with Crippen LogP contribution in [0.1, 0.15) is 34.1 Å². The van der Waals surface area contributed by atoms with Crippen LogP contribution in [0.25, 0.3) is 0 Å². The molecule has 0 spiro atoms. The van der Waals surface area contributed by atoms with Gasteiger partial charge in [-0.25, -0.2) is 9.78 Å². The first kappa shape index (κ1) is 19.7. The summed E-state index contributed by atoms with van der Waals surface area (Å²) in [6.45, 7) is 14.6. The Balaban J connectivity index is 1.54. The predicted molar refractivity (Wildman–Crippen MR) is 108 cm³/mol. The van der Waals surface area contributed by atoms with Gasteiger partial charge in [0.2, 0.25) is 0 Å². The van der Waals surface area contributed by atoms with Gasteiger partial charge < -0.3 is 24.8 Å². The van der Waals surface area contributed by atoms with Gasteiger partial charge in [-0.3, -0.25) is 0 Å². The summed E-state index contributed by atoms with van der Waals surface area (Å²) < 4.78 is 5.47. The molecule has 0 saturated carbocycles. The van der Waals surface area contributed by atoms with Gasteiger partial charge in [0.1, 0.15) is 17.2 Å². The number of likely N-dealkylation sites (tertiary alicyclic amines) is 1. The van der Waals surface area contributed by atoms with Crippen LogP contribution in [0.3, 0.4) is 0 Å². The zero-order valence-corrected chi connectivity index (χ0v) is 17.1. The minimum absolute atomic E-state index is 0.206. The maximum Gasteiger partial charge on any atom is 0.410 e. The number of nitrogens with zero attached hydrogens (tertiary/aromatic N) is 4. The van der Waals surface area contributed by atoms with E-state index in [1.54, 1.807) is 4.90 Å². The van der Waals surface area contributed by atoms with Gasteiger partial charge >= 0.3 is 6.09 Å². The molecule has 3 heterocycles. The van der Waals surface area contributed by atoms with E-state index in [2.05, 4.69) is 34.2 Å². The largest absolute Gasteiger partial charge is 0.444 e. The first-order valence-corrected chi connectivity index (χ1v) is 10.0. The molecule has 2 fully saturated rings. The lowest BCUT2D eigenvalue weighted by Gasteiger charge is -2.34. The highest BCUT2D eigenvalue weighted by molar-refractivity contribution is 5.68. The third-order valence-corrected chi connectivity index (χ3v) is 5.07. The highest BCUT2D eigenvalue weighted by atomic mass is 16.6. The highest BCUT2D eigenvalue weighted by Gasteiger charge is 2.30. The van der Waals surface area contributed by atoms with E-state index < -0.39 is 5.60 Å². The lowest BCUT2D eigenvalue weighted by Crippen LogP contribution is -2.46. The molecule has 0 aromatic carbocycles. The lowest BCUT2D eigenvalue weighted by molar-refractivity contribution is 0.0293. The zero-order valence-electron chi connectivity index (χ0n) is 17.1. The Hall–Kier alpha value is -2.02. The molecular formula is C20H33N5O2. The number of carbonyl (C=O) groups excluding carboxylic acids is 1. The van der Waals surface area contributed by atoms with Crippen molar-refractivity contribution in [1.29, 1.82) is 0 Å². The summed E-state index contributed by atoms with van der Waals surface area (Å²) in [6.07, 6.45) is 0.669. The summed E-state index contributed by atoms with van der Waals surface area (Å²) in [5.74, 6) is 1.90. The summed E-state index contributed by atoms with van der Waals surface area (Å²) in [7, 11) is 0. The van der Waals surface area contributed by atoms with Crippen molar-refractivity contribution in [3.8, 4) is 0 Å². The number of piperazine rings is 1. The number of rotatable bonds is 4. The number of anilines is 2. The van der Waals surface area contributed by atoms with Crippen LogP contribution in [0, 0.1) is 0 Å². The number of ether oxygens (including phenoxy) is 1. The SMILES string of the molecule is CCN1CCN(c2cccc(N[C@H]3CCN(C(=O)OC(C)(C)C)C3)n2)CC1. The Morgan fingerprint density at radius 3 is 2.63 bits per heavy atom. The molecule has 0 aliphatic carbocycles. The quantitative estimate of drug-likeness (QED) is 0.873. The van der Waals surface area contributed by atoms with Gasteiger partial charge in [-0.1, -0.05) is 13.0 Å². The Morgan fingerprint density at radius 1 is 1.22 bits per heavy atom. The van der Waals surface area contributed by atoms with Gasteiger partial charge in [0.15, 0.2) is 0 Å². The average molecular weight is 376 g/mol. The number of nitrogens with one attached hydrogen (secondary N) is 1. The third-order valence-electron chi connectivity index (χ3n) is 5.07. The van der Waals surface area contributed by atoms with Gasteiger partial charge in [-0.05, 0) is 45.9 Å². The van der Waals surface area contributed by atoms with Gasteiger partial charge in [0.25, 0.3) is 0 Å². The zero-order chi connectivity index (χ0) is 19.4. The van der Waals surface area contributed by atoms with Gasteiger partial charge in [0, 0.05) is 45.3 Å². The molecule has 0 radical (unpaired) electrons. The molecule has 150 valence electrons. The topological polar surface area (TPSA) is 60.9 Å². The second kappa shape index (κ2) is 8.33. The Bertz CT molecular complexity index is 638. The summed E-state index contributed by atoms with van der Waals surface area (Å²) in [5, 5.41) is 3.49. The van der Waals surface area contributed by atoms with Crippen LogP contribution in [0.5, 0.6) is 0 Å². The monoisotopic (exact) mass is 375 g/mol. The molecule has 2 aliphatic heterocycles. The lowest BCUT2D eigenvalue weighted by atomic mass is 10.2. The molecule has 1 atom stereocenters. The standard InChI is InChI=1S/C20H33N5O2/c1-5-23-11-13-24(14-12-23)18-8-6-7-17(22-18)21-16-9-10-25(15-16)19(26)27-20(2,3)4/h6-8,16H,5,9-15H2,1-4H3,(H,21,22)/t16-/m0/s1. The highest BCUT2D eigenvalue weighted by Crippen LogP contribution is 2.20. The Kier molecular flexibility index (Phi) is 6.09. The molecule has 2 saturated heterocycles. The fourth-order valence-electron chi connectivity index (χ4n) is 3.55. The summed E-state index contributed by atoms with van der Waals surface area (Å²) >= 11 is 0. The van der Waals surface area contributed by atoms with Crippen LogP contribution >= 0.6 is 0 Å². The van der Waals surface area contributed by atoms with Crippen molar-refractivity contribution >= 4 is 17.7 Å². The molecule has 7 nitrogen and oxygen atoms in total. The fourth-order valence-corrected chi connectivity index (χ4v) is 3.55. The smallest absolute Gasteiger partial charge is 0.410 e. The van der Waals surface area contributed by atoms with Crippen LogP contribution in [0.4, 0.5) is 16.4 Å². The van der Waals surface area contributed by atoms with Crippen LogP contribution < -0.4 is 10.2 Å². The number of pyridine rings is 1. The predicted octanol–water partition coefficient (Wildman–Crippen LogP) is 2.64. The summed E-state index contributed by atoms with van der Waals surface area (Å²) in [4.78, 5) is 23.6. The second-order valence-electron chi connectivity index (χ2n) is 8.36. The molecule has 1 aromatic heterocycles. The average Bonchev–Trinajstić information content (AvgIpc) is 3.09. The molecule has 0 unspecified atom stereocenters. The van der Waals surface area contributed by atoms with Crippen molar-refractivity contribution < 1.29 is 9.53 Å². The van der Waals surface area contributed by atoms with Crippen LogP contribution in [0.15, 0.2) is 18.2 Å². The first-order valence-electron chi connectivity index (χ1n) is 10.0. The number of amides is 1. The van der Waals surface area contributed by atoms with E-state index in [4.69, 9.17) is 9.72 Å². The minimum atomic E-state index is -0.458. The Morgan fingerprint density at radius 2 is 1.96 bits per heavy atom. The number of carbonyl (C=O) groups is 1. The molecule has 7 heteroatoms. The van der Waals surface area contributed by atoms with Gasteiger partial charge in [0.05, 0.1) is 0 Å². The van der Waals surface area contributed by atoms with Crippen LogP contribution in [-0.2, 0) is 4.74 Å². The van der Waals surface area contributed by atoms with Crippen molar-refractivity contribution in [2.45, 2.75) is 45.8 Å². The summed E-state index contributed by atoms with van der Waals surface area (Å²) in [5.41, 5.74) is -0.458. The van der Waals surface area contributed by atoms with E-state index in [1.807, 2.05) is 26.8 Å². The van der Waals surface area contributed by atoms with E-state index in [-0.39, 0.29) is 12.1 Å². The van der Waals surface area contributed by atoms with Crippen molar-refractivity contribution in [2.75, 3.05) is 56.0 Å². The van der Waals surface area contributed by atoms with E-state index in [9.17, 15) is 4.79 Å². The molecule has 1 N–H and O–H groups in total. The molecule has 3 rings (SSSR count). The molecule has 1 aromatic rings. The number of hydrogen-bond donors (Lipinski definition) is 1. The molecular weight excluding hydrogens is 342 g/mol. The van der Waals surface area contributed by atoms with E-state index in [0.717, 1.165) is 50.8 Å². The van der Waals surface area contributed by atoms with Crippen LogP contribution in [0.2, 0.25) is 0 Å².